The minimum Gasteiger partial charge on any atom is -0.298 e. The Morgan fingerprint density at radius 3 is 2.50 bits per heavy atom. The zero-order chi connectivity index (χ0) is 23.6. The summed E-state index contributed by atoms with van der Waals surface area (Å²) in [6, 6.07) is 9.45. The van der Waals surface area contributed by atoms with E-state index in [1.165, 1.54) is 35.5 Å². The lowest BCUT2D eigenvalue weighted by Gasteiger charge is -2.41. The Morgan fingerprint density at radius 1 is 1.22 bits per heavy atom. The molecule has 0 aliphatic carbocycles. The van der Waals surface area contributed by atoms with Gasteiger partial charge in [0, 0.05) is 41.8 Å². The molecule has 32 heavy (non-hydrogen) atoms. The fraction of sp³-hybridized carbons (Fsp3) is 0.381. The van der Waals surface area contributed by atoms with Gasteiger partial charge in [-0.15, -0.1) is 0 Å². The van der Waals surface area contributed by atoms with Crippen LogP contribution in [-0.2, 0) is 21.2 Å². The highest BCUT2D eigenvalue weighted by molar-refractivity contribution is 7.89. The summed E-state index contributed by atoms with van der Waals surface area (Å²) in [7, 11) is -4.08. The van der Waals surface area contributed by atoms with Crippen LogP contribution in [0.1, 0.15) is 19.4 Å². The largest absolute Gasteiger partial charge is 0.298 e. The van der Waals surface area contributed by atoms with Crippen molar-refractivity contribution in [2.75, 3.05) is 19.6 Å². The molecule has 0 amide bonds. The molecule has 1 heterocycles. The summed E-state index contributed by atoms with van der Waals surface area (Å²) < 4.78 is 27.7. The highest BCUT2D eigenvalue weighted by Crippen LogP contribution is 2.30. The molecule has 1 saturated heterocycles. The molecule has 0 spiro atoms. The third-order valence-electron chi connectivity index (χ3n) is 5.58. The highest BCUT2D eigenvalue weighted by atomic mass is 35.5. The number of carbonyl (C=O) groups is 1. The molecule has 1 aliphatic heterocycles. The second kappa shape index (κ2) is 9.84. The summed E-state index contributed by atoms with van der Waals surface area (Å²) in [5.41, 5.74) is 0.319. The first-order valence-corrected chi connectivity index (χ1v) is 12.2. The lowest BCUT2D eigenvalue weighted by molar-refractivity contribution is -0.387. The minimum absolute atomic E-state index is 0.0572. The molecule has 2 aromatic carbocycles. The fourth-order valence-corrected chi connectivity index (χ4v) is 6.25. The Morgan fingerprint density at radius 2 is 1.91 bits per heavy atom. The number of sulfonamides is 1. The van der Waals surface area contributed by atoms with Gasteiger partial charge in [-0.1, -0.05) is 41.4 Å². The van der Waals surface area contributed by atoms with E-state index in [2.05, 4.69) is 0 Å². The number of Topliss-reactive ketones (excluding diaryl/α,β-unsaturated/α-hetero) is 1. The van der Waals surface area contributed by atoms with E-state index in [9.17, 15) is 23.3 Å². The molecule has 1 aliphatic rings. The summed E-state index contributed by atoms with van der Waals surface area (Å²) >= 11 is 12.2. The van der Waals surface area contributed by atoms with E-state index in [0.29, 0.717) is 29.6 Å². The first-order valence-electron chi connectivity index (χ1n) is 9.96. The van der Waals surface area contributed by atoms with Gasteiger partial charge in [0.2, 0.25) is 10.0 Å². The standard InChI is InChI=1S/C21H23Cl2N3O5S/c1-14-13-24(20(15(2)27)11-16-7-8-17(22)12-18(16)23)9-10-25(14)32(30,31)21-6-4-3-5-19(21)26(28)29/h3-8,12,14,20H,9-11,13H2,1-2H3/t14-,20-/m0/s1. The van der Waals surface area contributed by atoms with Crippen LogP contribution in [0.3, 0.4) is 0 Å². The van der Waals surface area contributed by atoms with Crippen LogP contribution in [0.4, 0.5) is 5.69 Å². The molecule has 0 bridgehead atoms. The number of rotatable bonds is 7. The second-order valence-electron chi connectivity index (χ2n) is 7.75. The van der Waals surface area contributed by atoms with Gasteiger partial charge in [0.25, 0.3) is 5.69 Å². The number of para-hydroxylation sites is 1. The van der Waals surface area contributed by atoms with Crippen molar-refractivity contribution in [1.29, 1.82) is 0 Å². The van der Waals surface area contributed by atoms with Gasteiger partial charge in [-0.3, -0.25) is 19.8 Å². The first kappa shape index (κ1) is 24.6. The average Bonchev–Trinajstić information content (AvgIpc) is 2.72. The smallest absolute Gasteiger partial charge is 0.289 e. The molecule has 0 unspecified atom stereocenters. The van der Waals surface area contributed by atoms with Crippen LogP contribution in [0.25, 0.3) is 0 Å². The summed E-state index contributed by atoms with van der Waals surface area (Å²) in [4.78, 5) is 24.7. The summed E-state index contributed by atoms with van der Waals surface area (Å²) in [5, 5.41) is 12.3. The van der Waals surface area contributed by atoms with Gasteiger partial charge >= 0.3 is 0 Å². The monoisotopic (exact) mass is 499 g/mol. The lowest BCUT2D eigenvalue weighted by Crippen LogP contribution is -2.58. The van der Waals surface area contributed by atoms with Gasteiger partial charge in [0.05, 0.1) is 11.0 Å². The number of nitro benzene ring substituents is 1. The number of carbonyl (C=O) groups excluding carboxylic acids is 1. The van der Waals surface area contributed by atoms with Gasteiger partial charge < -0.3 is 0 Å². The SMILES string of the molecule is CC(=O)[C@H](Cc1ccc(Cl)cc1Cl)N1CCN(S(=O)(=O)c2ccccc2[N+](=O)[O-])[C@@H](C)C1. The van der Waals surface area contributed by atoms with Crippen LogP contribution < -0.4 is 0 Å². The van der Waals surface area contributed by atoms with Crippen molar-refractivity contribution in [2.45, 2.75) is 37.2 Å². The molecule has 0 saturated carbocycles. The number of nitro groups is 1. The van der Waals surface area contributed by atoms with Gasteiger partial charge in [0.15, 0.2) is 4.90 Å². The summed E-state index contributed by atoms with van der Waals surface area (Å²) in [6.07, 6.45) is 0.370. The zero-order valence-electron chi connectivity index (χ0n) is 17.6. The van der Waals surface area contributed by atoms with Gasteiger partial charge in [-0.2, -0.15) is 4.31 Å². The van der Waals surface area contributed by atoms with Crippen molar-refractivity contribution >= 4 is 44.7 Å². The molecule has 2 atom stereocenters. The predicted molar refractivity (Wildman–Crippen MR) is 123 cm³/mol. The molecular formula is C21H23Cl2N3O5S. The maximum Gasteiger partial charge on any atom is 0.289 e. The van der Waals surface area contributed by atoms with Gasteiger partial charge in [-0.25, -0.2) is 8.42 Å². The van der Waals surface area contributed by atoms with E-state index in [1.807, 2.05) is 4.90 Å². The maximum atomic E-state index is 13.2. The van der Waals surface area contributed by atoms with E-state index in [4.69, 9.17) is 23.2 Å². The molecule has 2 aromatic rings. The quantitative estimate of drug-likeness (QED) is 0.424. The zero-order valence-corrected chi connectivity index (χ0v) is 19.9. The van der Waals surface area contributed by atoms with E-state index >= 15 is 0 Å². The van der Waals surface area contributed by atoms with E-state index < -0.39 is 32.7 Å². The van der Waals surface area contributed by atoms with Gasteiger partial charge in [0.1, 0.15) is 5.78 Å². The molecule has 1 fully saturated rings. The summed E-state index contributed by atoms with van der Waals surface area (Å²) in [5.74, 6) is -0.0572. The van der Waals surface area contributed by atoms with Crippen molar-refractivity contribution in [3.05, 3.63) is 68.2 Å². The predicted octanol–water partition coefficient (Wildman–Crippen LogP) is 3.80. The van der Waals surface area contributed by atoms with E-state index in [-0.39, 0.29) is 17.2 Å². The number of benzene rings is 2. The number of nitrogens with zero attached hydrogens (tertiary/aromatic N) is 3. The Kier molecular flexibility index (Phi) is 7.57. The number of hydrogen-bond acceptors (Lipinski definition) is 6. The van der Waals surface area contributed by atoms with Crippen LogP contribution in [0.15, 0.2) is 47.4 Å². The van der Waals surface area contributed by atoms with Crippen LogP contribution >= 0.6 is 23.2 Å². The molecule has 3 rings (SSSR count). The Balaban J connectivity index is 1.81. The number of ketones is 1. The Hall–Kier alpha value is -2.04. The number of halogens is 2. The third-order valence-corrected chi connectivity index (χ3v) is 8.23. The highest BCUT2D eigenvalue weighted by Gasteiger charge is 2.39. The topological polar surface area (TPSA) is 101 Å². The maximum absolute atomic E-state index is 13.2. The van der Waals surface area contributed by atoms with Gasteiger partial charge in [-0.05, 0) is 44.0 Å². The normalized spacial score (nSPS) is 18.9. The molecule has 8 nitrogen and oxygen atoms in total. The van der Waals surface area contributed by atoms with Crippen molar-refractivity contribution in [3.63, 3.8) is 0 Å². The van der Waals surface area contributed by atoms with E-state index in [1.54, 1.807) is 25.1 Å². The van der Waals surface area contributed by atoms with Crippen molar-refractivity contribution in [3.8, 4) is 0 Å². The average molecular weight is 500 g/mol. The molecule has 0 aromatic heterocycles. The van der Waals surface area contributed by atoms with Crippen molar-refractivity contribution in [2.24, 2.45) is 0 Å². The van der Waals surface area contributed by atoms with Crippen molar-refractivity contribution < 1.29 is 18.1 Å². The molecular weight excluding hydrogens is 477 g/mol. The molecule has 11 heteroatoms. The lowest BCUT2D eigenvalue weighted by atomic mass is 10.00. The Bertz CT molecular complexity index is 1140. The van der Waals surface area contributed by atoms with Crippen LogP contribution in [-0.4, -0.2) is 60.0 Å². The first-order chi connectivity index (χ1) is 15.0. The van der Waals surface area contributed by atoms with Crippen LogP contribution in [0.5, 0.6) is 0 Å². The van der Waals surface area contributed by atoms with Crippen molar-refractivity contribution in [1.82, 2.24) is 9.21 Å². The summed E-state index contributed by atoms with van der Waals surface area (Å²) in [6.45, 7) is 3.93. The molecule has 172 valence electrons. The van der Waals surface area contributed by atoms with Crippen LogP contribution in [0.2, 0.25) is 10.0 Å². The Labute approximate surface area is 196 Å². The van der Waals surface area contributed by atoms with E-state index in [0.717, 1.165) is 5.56 Å². The number of hydrogen-bond donors (Lipinski definition) is 0. The fourth-order valence-electron chi connectivity index (χ4n) is 3.99. The minimum atomic E-state index is -4.08. The molecule has 0 N–H and O–H groups in total. The molecule has 0 radical (unpaired) electrons. The second-order valence-corrected chi connectivity index (χ2v) is 10.5. The van der Waals surface area contributed by atoms with Crippen LogP contribution in [0, 0.1) is 10.1 Å². The third kappa shape index (κ3) is 5.13. The number of piperazine rings is 1.